The van der Waals surface area contributed by atoms with Gasteiger partial charge in [-0.2, -0.15) is 0 Å². The number of carbonyl (C=O) groups excluding carboxylic acids is 3. The summed E-state index contributed by atoms with van der Waals surface area (Å²) in [6, 6.07) is 6.89. The number of carbonyl (C=O) groups is 3. The number of nitrogens with zero attached hydrogens (tertiary/aromatic N) is 2. The van der Waals surface area contributed by atoms with Gasteiger partial charge in [-0.1, -0.05) is 11.6 Å². The van der Waals surface area contributed by atoms with Crippen LogP contribution in [-0.4, -0.2) is 66.3 Å². The molecule has 202 valence electrons. The van der Waals surface area contributed by atoms with Crippen molar-refractivity contribution in [3.05, 3.63) is 57.5 Å². The zero-order valence-corrected chi connectivity index (χ0v) is 21.9. The van der Waals surface area contributed by atoms with Crippen molar-refractivity contribution in [1.29, 1.82) is 0 Å². The van der Waals surface area contributed by atoms with E-state index in [0.717, 1.165) is 13.0 Å². The second-order valence-electron chi connectivity index (χ2n) is 10.2. The highest BCUT2D eigenvalue weighted by molar-refractivity contribution is 6.33. The Balaban J connectivity index is 1.47. The summed E-state index contributed by atoms with van der Waals surface area (Å²) in [5.41, 5.74) is 4.16. The Hall–Kier alpha value is -3.41. The summed E-state index contributed by atoms with van der Waals surface area (Å²) in [6.07, 6.45) is 1.83. The molecule has 4 atom stereocenters. The van der Waals surface area contributed by atoms with Crippen LogP contribution < -0.4 is 21.9 Å². The first-order valence-corrected chi connectivity index (χ1v) is 12.9. The summed E-state index contributed by atoms with van der Waals surface area (Å²) in [5, 5.41) is 5.80. The number of esters is 1. The average molecular weight is 544 g/mol. The summed E-state index contributed by atoms with van der Waals surface area (Å²) in [5.74, 6) is -1.37. The lowest BCUT2D eigenvalue weighted by molar-refractivity contribution is -0.164. The van der Waals surface area contributed by atoms with E-state index in [1.54, 1.807) is 19.2 Å². The van der Waals surface area contributed by atoms with Crippen LogP contribution in [0, 0.1) is 5.41 Å². The minimum absolute atomic E-state index is 0.0193. The predicted molar refractivity (Wildman–Crippen MR) is 140 cm³/mol. The molecule has 11 nitrogen and oxygen atoms in total. The van der Waals surface area contributed by atoms with E-state index in [-0.39, 0.29) is 28.6 Å². The number of anilines is 2. The van der Waals surface area contributed by atoms with E-state index in [0.29, 0.717) is 25.3 Å². The molecule has 4 N–H and O–H groups in total. The van der Waals surface area contributed by atoms with Crippen molar-refractivity contribution in [2.45, 2.75) is 44.1 Å². The van der Waals surface area contributed by atoms with Crippen molar-refractivity contribution in [3.8, 4) is 0 Å². The van der Waals surface area contributed by atoms with Gasteiger partial charge < -0.3 is 30.7 Å². The first kappa shape index (κ1) is 26.2. The molecule has 2 amide bonds. The molecule has 12 heteroatoms. The number of hydrogen-bond donors (Lipinski definition) is 3. The van der Waals surface area contributed by atoms with Crippen LogP contribution in [0.15, 0.2) is 41.3 Å². The quantitative estimate of drug-likeness (QED) is 0.352. The molecule has 3 heterocycles. The second-order valence-corrected chi connectivity index (χ2v) is 10.6. The molecule has 1 aromatic carbocycles. The van der Waals surface area contributed by atoms with E-state index in [4.69, 9.17) is 26.8 Å². The Morgan fingerprint density at radius 2 is 2.08 bits per heavy atom. The van der Waals surface area contributed by atoms with Gasteiger partial charge in [0.2, 0.25) is 12.2 Å². The molecule has 3 aliphatic rings. The predicted octanol–water partition coefficient (Wildman–Crippen LogP) is 1.55. The number of likely N-dealkylation sites (tertiary alicyclic amines) is 1. The van der Waals surface area contributed by atoms with Crippen LogP contribution >= 0.6 is 11.6 Å². The van der Waals surface area contributed by atoms with E-state index in [1.807, 2.05) is 7.05 Å². The third kappa shape index (κ3) is 4.34. The number of pyridine rings is 1. The molecule has 3 fully saturated rings. The highest BCUT2D eigenvalue weighted by Crippen LogP contribution is 2.66. The topological polar surface area (TPSA) is 145 Å². The zero-order valence-electron chi connectivity index (χ0n) is 21.2. The fourth-order valence-corrected chi connectivity index (χ4v) is 5.97. The van der Waals surface area contributed by atoms with Crippen LogP contribution in [0.3, 0.4) is 0 Å². The maximum absolute atomic E-state index is 14.0. The van der Waals surface area contributed by atoms with E-state index < -0.39 is 40.7 Å². The van der Waals surface area contributed by atoms with Crippen molar-refractivity contribution in [2.75, 3.05) is 37.8 Å². The Labute approximate surface area is 224 Å². The number of hydrogen-bond acceptors (Lipinski definition) is 8. The monoisotopic (exact) mass is 543 g/mol. The molecule has 1 saturated carbocycles. The molecule has 2 unspecified atom stereocenters. The summed E-state index contributed by atoms with van der Waals surface area (Å²) >= 11 is 6.05. The van der Waals surface area contributed by atoms with Gasteiger partial charge >= 0.3 is 5.97 Å². The van der Waals surface area contributed by atoms with E-state index in [1.165, 1.54) is 28.8 Å². The molecule has 5 rings (SSSR count). The van der Waals surface area contributed by atoms with Crippen molar-refractivity contribution >= 4 is 40.8 Å². The highest BCUT2D eigenvalue weighted by atomic mass is 35.5. The van der Waals surface area contributed by atoms with Gasteiger partial charge in [0, 0.05) is 30.3 Å². The Bertz CT molecular complexity index is 1360. The fourth-order valence-electron chi connectivity index (χ4n) is 5.79. The van der Waals surface area contributed by atoms with Gasteiger partial charge in [-0.15, -0.1) is 0 Å². The lowest BCUT2D eigenvalue weighted by Crippen LogP contribution is -2.52. The highest BCUT2D eigenvalue weighted by Gasteiger charge is 2.75. The van der Waals surface area contributed by atoms with Gasteiger partial charge in [-0.25, -0.2) is 0 Å². The van der Waals surface area contributed by atoms with Crippen LogP contribution in [0.1, 0.15) is 36.5 Å². The number of benzene rings is 1. The zero-order chi connectivity index (χ0) is 27.2. The van der Waals surface area contributed by atoms with E-state index in [9.17, 15) is 19.2 Å². The van der Waals surface area contributed by atoms with E-state index >= 15 is 0 Å². The molecule has 1 aromatic heterocycles. The van der Waals surface area contributed by atoms with Gasteiger partial charge in [0.05, 0.1) is 17.1 Å². The molecule has 2 aromatic rings. The number of cyclic esters (lactones) is 1. The van der Waals surface area contributed by atoms with Crippen molar-refractivity contribution in [2.24, 2.45) is 5.41 Å². The molecule has 1 spiro atoms. The van der Waals surface area contributed by atoms with Crippen LogP contribution in [0.5, 0.6) is 0 Å². The van der Waals surface area contributed by atoms with Crippen LogP contribution in [-0.2, 0) is 24.6 Å². The number of nitrogens with one attached hydrogen (secondary N) is 2. The Morgan fingerprint density at radius 1 is 1.29 bits per heavy atom. The molecular weight excluding hydrogens is 514 g/mol. The number of nitrogen functional groups attached to an aromatic ring is 1. The Kier molecular flexibility index (Phi) is 6.70. The van der Waals surface area contributed by atoms with Gasteiger partial charge in [0.1, 0.15) is 17.3 Å². The van der Waals surface area contributed by atoms with Crippen LogP contribution in [0.2, 0.25) is 5.02 Å². The summed E-state index contributed by atoms with van der Waals surface area (Å²) in [4.78, 5) is 54.6. The Morgan fingerprint density at radius 3 is 2.76 bits per heavy atom. The first-order chi connectivity index (χ1) is 18.1. The smallest absolute Gasteiger partial charge is 0.310 e. The molecule has 2 aliphatic heterocycles. The fraction of sp³-hybridized carbons (Fsp3) is 0.462. The summed E-state index contributed by atoms with van der Waals surface area (Å²) in [7, 11) is 1.97. The van der Waals surface area contributed by atoms with Crippen LogP contribution in [0.25, 0.3) is 0 Å². The SMILES string of the molecule is CCO[C@H]1OC(=O)C[C@@H]1NC(=O)C1(n2cccc(NC(=O)c3ccc(N)c(Cl)c3)c2=O)CC12CCN(C)C2. The molecule has 38 heavy (non-hydrogen) atoms. The third-order valence-electron chi connectivity index (χ3n) is 7.75. The number of aromatic nitrogens is 1. The average Bonchev–Trinajstić information content (AvgIpc) is 3.15. The lowest BCUT2D eigenvalue weighted by atomic mass is 9.96. The lowest BCUT2D eigenvalue weighted by Gasteiger charge is -2.27. The standard InChI is InChI=1S/C26H30ClN5O6/c1-3-37-23-19(12-20(33)38-23)30-24(36)26(13-25(26)8-10-31(2)14-25)32-9-4-5-18(22(32)35)29-21(34)15-6-7-17(28)16(27)11-15/h4-7,9,11,19,23H,3,8,10,12-14,28H2,1-2H3,(H,29,34)(H,30,36)/t19-,23-,25?,26?/m0/s1. The summed E-state index contributed by atoms with van der Waals surface area (Å²) in [6.45, 7) is 3.49. The van der Waals surface area contributed by atoms with Crippen molar-refractivity contribution in [1.82, 2.24) is 14.8 Å². The molecule has 0 radical (unpaired) electrons. The van der Waals surface area contributed by atoms with Crippen molar-refractivity contribution < 1.29 is 23.9 Å². The molecular formula is C26H30ClN5O6. The molecule has 2 saturated heterocycles. The largest absolute Gasteiger partial charge is 0.433 e. The minimum atomic E-state index is -1.19. The third-order valence-corrected chi connectivity index (χ3v) is 8.07. The maximum Gasteiger partial charge on any atom is 0.310 e. The number of nitrogens with two attached hydrogens (primary N) is 1. The van der Waals surface area contributed by atoms with Gasteiger partial charge in [0.15, 0.2) is 0 Å². The number of halogens is 1. The number of amides is 2. The molecule has 1 aliphatic carbocycles. The van der Waals surface area contributed by atoms with Crippen LogP contribution in [0.4, 0.5) is 11.4 Å². The van der Waals surface area contributed by atoms with Crippen molar-refractivity contribution in [3.63, 3.8) is 0 Å². The summed E-state index contributed by atoms with van der Waals surface area (Å²) < 4.78 is 12.1. The van der Waals surface area contributed by atoms with E-state index in [2.05, 4.69) is 15.5 Å². The molecule has 0 bridgehead atoms. The minimum Gasteiger partial charge on any atom is -0.433 e. The normalized spacial score (nSPS) is 28.3. The number of ether oxygens (including phenoxy) is 2. The first-order valence-electron chi connectivity index (χ1n) is 12.5. The number of rotatable bonds is 7. The van der Waals surface area contributed by atoms with Gasteiger partial charge in [-0.05, 0) is 63.7 Å². The van der Waals surface area contributed by atoms with Gasteiger partial charge in [-0.3, -0.25) is 23.7 Å². The second kappa shape index (κ2) is 9.72. The maximum atomic E-state index is 14.0. The van der Waals surface area contributed by atoms with Gasteiger partial charge in [0.25, 0.3) is 11.5 Å².